The van der Waals surface area contributed by atoms with Crippen LogP contribution in [0.5, 0.6) is 0 Å². The summed E-state index contributed by atoms with van der Waals surface area (Å²) in [5, 5.41) is 3.38. The number of nitrogens with one attached hydrogen (secondary N) is 2. The molecule has 0 unspecified atom stereocenters. The highest BCUT2D eigenvalue weighted by Gasteiger charge is 2.01. The predicted molar refractivity (Wildman–Crippen MR) is 74.7 cm³/mol. The van der Waals surface area contributed by atoms with Crippen molar-refractivity contribution in [3.8, 4) is 0 Å². The molecule has 3 rings (SSSR count). The van der Waals surface area contributed by atoms with Gasteiger partial charge in [-0.15, -0.1) is 0 Å². The summed E-state index contributed by atoms with van der Waals surface area (Å²) < 4.78 is 0. The number of hydrogen-bond acceptors (Lipinski definition) is 2. The molecular weight excluding hydrogens is 222 g/mol. The molecule has 0 amide bonds. The third-order valence-corrected chi connectivity index (χ3v) is 2.90. The van der Waals surface area contributed by atoms with Crippen LogP contribution in [0.1, 0.15) is 5.82 Å². The molecular formula is C15H15N3. The van der Waals surface area contributed by atoms with E-state index in [1.807, 2.05) is 36.4 Å². The van der Waals surface area contributed by atoms with Gasteiger partial charge in [0.15, 0.2) is 0 Å². The smallest absolute Gasteiger partial charge is 0.108 e. The topological polar surface area (TPSA) is 40.7 Å². The van der Waals surface area contributed by atoms with E-state index in [2.05, 4.69) is 33.5 Å². The number of fused-ring (bicyclic) bond motifs is 1. The van der Waals surface area contributed by atoms with E-state index >= 15 is 0 Å². The minimum Gasteiger partial charge on any atom is -0.385 e. The molecule has 1 aromatic heterocycles. The Hall–Kier alpha value is -2.29. The maximum atomic E-state index is 4.55. The predicted octanol–water partition coefficient (Wildman–Crippen LogP) is 3.22. The van der Waals surface area contributed by atoms with Crippen LogP contribution in [0.15, 0.2) is 54.6 Å². The van der Waals surface area contributed by atoms with Crippen LogP contribution >= 0.6 is 0 Å². The lowest BCUT2D eigenvalue weighted by atomic mass is 10.3. The van der Waals surface area contributed by atoms with Crippen molar-refractivity contribution < 1.29 is 0 Å². The molecule has 0 aliphatic carbocycles. The minimum atomic E-state index is 0.879. The van der Waals surface area contributed by atoms with Crippen LogP contribution < -0.4 is 5.32 Å². The van der Waals surface area contributed by atoms with Crippen LogP contribution in [0.2, 0.25) is 0 Å². The maximum Gasteiger partial charge on any atom is 0.108 e. The molecule has 3 nitrogen and oxygen atoms in total. The molecule has 0 aliphatic rings. The number of imidazole rings is 1. The summed E-state index contributed by atoms with van der Waals surface area (Å²) in [4.78, 5) is 7.88. The van der Waals surface area contributed by atoms with Gasteiger partial charge in [-0.05, 0) is 24.3 Å². The van der Waals surface area contributed by atoms with Gasteiger partial charge in [0.25, 0.3) is 0 Å². The van der Waals surface area contributed by atoms with Gasteiger partial charge in [-0.1, -0.05) is 30.3 Å². The van der Waals surface area contributed by atoms with E-state index in [9.17, 15) is 0 Å². The van der Waals surface area contributed by atoms with Crippen LogP contribution in [0.4, 0.5) is 5.69 Å². The fourth-order valence-electron chi connectivity index (χ4n) is 2.01. The first-order valence-electron chi connectivity index (χ1n) is 6.14. The molecule has 90 valence electrons. The zero-order valence-electron chi connectivity index (χ0n) is 10.1. The Balaban J connectivity index is 1.63. The Morgan fingerprint density at radius 2 is 1.72 bits per heavy atom. The molecule has 3 aromatic rings. The average molecular weight is 237 g/mol. The van der Waals surface area contributed by atoms with Gasteiger partial charge in [0.05, 0.1) is 11.0 Å². The molecule has 0 fully saturated rings. The zero-order valence-corrected chi connectivity index (χ0v) is 10.1. The van der Waals surface area contributed by atoms with Gasteiger partial charge in [0.1, 0.15) is 5.82 Å². The number of para-hydroxylation sites is 3. The van der Waals surface area contributed by atoms with Crippen molar-refractivity contribution in [2.45, 2.75) is 6.42 Å². The van der Waals surface area contributed by atoms with Crippen LogP contribution in [0.3, 0.4) is 0 Å². The lowest BCUT2D eigenvalue weighted by Crippen LogP contribution is -2.05. The van der Waals surface area contributed by atoms with Crippen LogP contribution in [-0.2, 0) is 6.42 Å². The highest BCUT2D eigenvalue weighted by atomic mass is 14.9. The Labute approximate surface area is 106 Å². The summed E-state index contributed by atoms with van der Waals surface area (Å²) >= 11 is 0. The molecule has 0 aliphatic heterocycles. The van der Waals surface area contributed by atoms with Gasteiger partial charge in [0.2, 0.25) is 0 Å². The summed E-state index contributed by atoms with van der Waals surface area (Å²) in [6.45, 7) is 0.879. The summed E-state index contributed by atoms with van der Waals surface area (Å²) in [6.07, 6.45) is 0.892. The van der Waals surface area contributed by atoms with Gasteiger partial charge >= 0.3 is 0 Å². The first-order valence-corrected chi connectivity index (χ1v) is 6.14. The van der Waals surface area contributed by atoms with Crippen molar-refractivity contribution in [1.29, 1.82) is 0 Å². The van der Waals surface area contributed by atoms with Crippen LogP contribution in [0, 0.1) is 0 Å². The molecule has 0 atom stereocenters. The summed E-state index contributed by atoms with van der Waals surface area (Å²) in [5.74, 6) is 1.03. The molecule has 0 bridgehead atoms. The van der Waals surface area contributed by atoms with Crippen molar-refractivity contribution in [2.75, 3.05) is 11.9 Å². The quantitative estimate of drug-likeness (QED) is 0.731. The van der Waals surface area contributed by atoms with E-state index in [0.29, 0.717) is 0 Å². The Morgan fingerprint density at radius 1 is 0.944 bits per heavy atom. The number of aromatic nitrogens is 2. The fraction of sp³-hybridized carbons (Fsp3) is 0.133. The SMILES string of the molecule is c1ccc(NCCc2nc3ccccc3[nH]2)cc1. The molecule has 2 aromatic carbocycles. The normalized spacial score (nSPS) is 10.7. The van der Waals surface area contributed by atoms with E-state index in [0.717, 1.165) is 35.5 Å². The van der Waals surface area contributed by atoms with E-state index in [1.165, 1.54) is 0 Å². The van der Waals surface area contributed by atoms with E-state index in [-0.39, 0.29) is 0 Å². The molecule has 0 radical (unpaired) electrons. The Kier molecular flexibility index (Phi) is 2.96. The van der Waals surface area contributed by atoms with Crippen LogP contribution in [0.25, 0.3) is 11.0 Å². The van der Waals surface area contributed by atoms with Crippen molar-refractivity contribution in [3.63, 3.8) is 0 Å². The first-order chi connectivity index (χ1) is 8.92. The van der Waals surface area contributed by atoms with Crippen molar-refractivity contribution in [1.82, 2.24) is 9.97 Å². The largest absolute Gasteiger partial charge is 0.385 e. The van der Waals surface area contributed by atoms with Gasteiger partial charge in [-0.25, -0.2) is 4.98 Å². The molecule has 2 N–H and O–H groups in total. The van der Waals surface area contributed by atoms with E-state index < -0.39 is 0 Å². The number of hydrogen-bond donors (Lipinski definition) is 2. The number of anilines is 1. The second kappa shape index (κ2) is 4.92. The van der Waals surface area contributed by atoms with Crippen molar-refractivity contribution in [3.05, 3.63) is 60.4 Å². The van der Waals surface area contributed by atoms with Crippen molar-refractivity contribution >= 4 is 16.7 Å². The van der Waals surface area contributed by atoms with Gasteiger partial charge in [0, 0.05) is 18.7 Å². The average Bonchev–Trinajstić information content (AvgIpc) is 2.82. The second-order valence-corrected chi connectivity index (χ2v) is 4.24. The zero-order chi connectivity index (χ0) is 12.2. The number of rotatable bonds is 4. The standard InChI is InChI=1S/C15H15N3/c1-2-6-12(7-3-1)16-11-10-15-17-13-8-4-5-9-14(13)18-15/h1-9,16H,10-11H2,(H,17,18). The molecule has 0 spiro atoms. The Morgan fingerprint density at radius 3 is 2.56 bits per heavy atom. The van der Waals surface area contributed by atoms with Gasteiger partial charge in [-0.3, -0.25) is 0 Å². The monoisotopic (exact) mass is 237 g/mol. The summed E-state index contributed by atoms with van der Waals surface area (Å²) in [7, 11) is 0. The van der Waals surface area contributed by atoms with E-state index in [4.69, 9.17) is 0 Å². The highest BCUT2D eigenvalue weighted by molar-refractivity contribution is 5.74. The maximum absolute atomic E-state index is 4.55. The minimum absolute atomic E-state index is 0.879. The molecule has 3 heteroatoms. The number of H-pyrrole nitrogens is 1. The highest BCUT2D eigenvalue weighted by Crippen LogP contribution is 2.11. The molecule has 18 heavy (non-hydrogen) atoms. The van der Waals surface area contributed by atoms with E-state index in [1.54, 1.807) is 0 Å². The van der Waals surface area contributed by atoms with Gasteiger partial charge in [-0.2, -0.15) is 0 Å². The third-order valence-electron chi connectivity index (χ3n) is 2.90. The van der Waals surface area contributed by atoms with Gasteiger partial charge < -0.3 is 10.3 Å². The first kappa shape index (κ1) is 10.8. The van der Waals surface area contributed by atoms with Crippen LogP contribution in [-0.4, -0.2) is 16.5 Å². The third kappa shape index (κ3) is 2.35. The Bertz CT molecular complexity index is 595. The lowest BCUT2D eigenvalue weighted by molar-refractivity contribution is 0.935. The van der Waals surface area contributed by atoms with Crippen molar-refractivity contribution in [2.24, 2.45) is 0 Å². The fourth-order valence-corrected chi connectivity index (χ4v) is 2.01. The lowest BCUT2D eigenvalue weighted by Gasteiger charge is -2.03. The molecule has 1 heterocycles. The molecule has 0 saturated heterocycles. The molecule has 0 saturated carbocycles. The summed E-state index contributed by atoms with van der Waals surface area (Å²) in [6, 6.07) is 18.3. The second-order valence-electron chi connectivity index (χ2n) is 4.24. The number of nitrogens with zero attached hydrogens (tertiary/aromatic N) is 1. The number of benzene rings is 2. The summed E-state index contributed by atoms with van der Waals surface area (Å²) in [5.41, 5.74) is 3.29. The number of aromatic amines is 1.